The van der Waals surface area contributed by atoms with Crippen molar-refractivity contribution >= 4 is 11.8 Å². The number of hydrogen-bond donors (Lipinski definition) is 0. The molecule has 1 heterocycles. The molecule has 0 N–H and O–H groups in total. The van der Waals surface area contributed by atoms with Gasteiger partial charge in [0, 0.05) is 32.6 Å². The van der Waals surface area contributed by atoms with Crippen molar-refractivity contribution in [3.63, 3.8) is 0 Å². The lowest BCUT2D eigenvalue weighted by atomic mass is 10.1. The number of ether oxygens (including phenoxy) is 1. The molecule has 0 spiro atoms. The van der Waals surface area contributed by atoms with E-state index in [-0.39, 0.29) is 11.8 Å². The Balaban J connectivity index is 1.87. The van der Waals surface area contributed by atoms with Gasteiger partial charge in [0.1, 0.15) is 5.75 Å². The molecule has 1 aliphatic heterocycles. The summed E-state index contributed by atoms with van der Waals surface area (Å²) < 4.78 is 5.42. The van der Waals surface area contributed by atoms with Gasteiger partial charge in [0.2, 0.25) is 11.8 Å². The molecule has 0 aliphatic carbocycles. The Labute approximate surface area is 144 Å². The van der Waals surface area contributed by atoms with Crippen LogP contribution in [0.2, 0.25) is 0 Å². The first-order chi connectivity index (χ1) is 11.6. The van der Waals surface area contributed by atoms with Crippen molar-refractivity contribution in [3.05, 3.63) is 29.8 Å². The highest BCUT2D eigenvalue weighted by Gasteiger charge is 2.21. The van der Waals surface area contributed by atoms with Crippen LogP contribution in [0.25, 0.3) is 0 Å². The topological polar surface area (TPSA) is 49.9 Å². The molecule has 5 nitrogen and oxygen atoms in total. The second-order valence-electron chi connectivity index (χ2n) is 6.12. The highest BCUT2D eigenvalue weighted by molar-refractivity contribution is 5.79. The second kappa shape index (κ2) is 9.30. The molecule has 1 aromatic carbocycles. The normalized spacial score (nSPS) is 15.1. The van der Waals surface area contributed by atoms with Crippen molar-refractivity contribution in [1.29, 1.82) is 0 Å². The zero-order valence-electron chi connectivity index (χ0n) is 14.8. The van der Waals surface area contributed by atoms with E-state index in [0.717, 1.165) is 37.2 Å². The van der Waals surface area contributed by atoms with Crippen molar-refractivity contribution in [2.24, 2.45) is 0 Å². The summed E-state index contributed by atoms with van der Waals surface area (Å²) in [4.78, 5) is 28.3. The summed E-state index contributed by atoms with van der Waals surface area (Å²) >= 11 is 0. The summed E-state index contributed by atoms with van der Waals surface area (Å²) in [5, 5.41) is 0. The highest BCUT2D eigenvalue weighted by atomic mass is 16.5. The van der Waals surface area contributed by atoms with Gasteiger partial charge in [0.25, 0.3) is 0 Å². The number of benzene rings is 1. The van der Waals surface area contributed by atoms with Crippen LogP contribution >= 0.6 is 0 Å². The maximum atomic E-state index is 12.5. The van der Waals surface area contributed by atoms with Gasteiger partial charge in [0.15, 0.2) is 0 Å². The molecule has 2 amide bonds. The third kappa shape index (κ3) is 5.25. The van der Waals surface area contributed by atoms with E-state index in [1.54, 1.807) is 0 Å². The van der Waals surface area contributed by atoms with Crippen molar-refractivity contribution in [2.45, 2.75) is 39.5 Å². The molecule has 1 saturated heterocycles. The first-order valence-corrected chi connectivity index (χ1v) is 8.91. The fourth-order valence-electron chi connectivity index (χ4n) is 2.94. The molecular weight excluding hydrogens is 304 g/mol. The molecule has 2 rings (SSSR count). The number of carbonyl (C=O) groups excluding carboxylic acids is 2. The van der Waals surface area contributed by atoms with Crippen LogP contribution in [0.15, 0.2) is 24.3 Å². The fraction of sp³-hybridized carbons (Fsp3) is 0.579. The predicted octanol–water partition coefficient (Wildman–Crippen LogP) is 2.49. The molecule has 0 atom stereocenters. The second-order valence-corrected chi connectivity index (χ2v) is 6.12. The van der Waals surface area contributed by atoms with Gasteiger partial charge >= 0.3 is 0 Å². The molecule has 0 aromatic heterocycles. The number of nitrogens with zero attached hydrogens (tertiary/aromatic N) is 2. The minimum Gasteiger partial charge on any atom is -0.494 e. The average Bonchev–Trinajstić information content (AvgIpc) is 2.83. The first-order valence-electron chi connectivity index (χ1n) is 8.91. The van der Waals surface area contributed by atoms with Gasteiger partial charge in [-0.15, -0.1) is 0 Å². The fourth-order valence-corrected chi connectivity index (χ4v) is 2.94. The van der Waals surface area contributed by atoms with E-state index >= 15 is 0 Å². The van der Waals surface area contributed by atoms with E-state index in [2.05, 4.69) is 0 Å². The first kappa shape index (κ1) is 18.3. The van der Waals surface area contributed by atoms with Gasteiger partial charge < -0.3 is 14.5 Å². The van der Waals surface area contributed by atoms with Gasteiger partial charge in [0.05, 0.1) is 13.0 Å². The van der Waals surface area contributed by atoms with E-state index in [9.17, 15) is 9.59 Å². The number of amides is 2. The standard InChI is InChI=1S/C19H28N2O3/c1-3-6-18(22)20-11-5-12-21(14-13-20)19(23)15-16-7-9-17(10-8-16)24-4-2/h7-10H,3-6,11-15H2,1-2H3. The third-order valence-corrected chi connectivity index (χ3v) is 4.25. The number of rotatable bonds is 6. The Kier molecular flexibility index (Phi) is 7.09. The van der Waals surface area contributed by atoms with Crippen LogP contribution in [-0.2, 0) is 16.0 Å². The Hall–Kier alpha value is -2.04. The minimum absolute atomic E-state index is 0.129. The summed E-state index contributed by atoms with van der Waals surface area (Å²) in [7, 11) is 0. The van der Waals surface area contributed by atoms with E-state index in [0.29, 0.717) is 32.5 Å². The quantitative estimate of drug-likeness (QED) is 0.804. The van der Waals surface area contributed by atoms with Crippen LogP contribution in [0.5, 0.6) is 5.75 Å². The maximum absolute atomic E-state index is 12.5. The largest absolute Gasteiger partial charge is 0.494 e. The monoisotopic (exact) mass is 332 g/mol. The zero-order valence-corrected chi connectivity index (χ0v) is 14.8. The van der Waals surface area contributed by atoms with Crippen LogP contribution < -0.4 is 4.74 Å². The van der Waals surface area contributed by atoms with Crippen LogP contribution in [0.3, 0.4) is 0 Å². The van der Waals surface area contributed by atoms with Crippen LogP contribution in [-0.4, -0.2) is 54.4 Å². The van der Waals surface area contributed by atoms with Crippen molar-refractivity contribution in [3.8, 4) is 5.75 Å². The van der Waals surface area contributed by atoms with E-state index in [1.807, 2.05) is 47.9 Å². The van der Waals surface area contributed by atoms with Gasteiger partial charge in [-0.3, -0.25) is 9.59 Å². The van der Waals surface area contributed by atoms with Crippen LogP contribution in [0.4, 0.5) is 0 Å². The SMILES string of the molecule is CCCC(=O)N1CCCN(C(=O)Cc2ccc(OCC)cc2)CC1. The summed E-state index contributed by atoms with van der Waals surface area (Å²) in [6.07, 6.45) is 2.72. The summed E-state index contributed by atoms with van der Waals surface area (Å²) in [5.74, 6) is 1.16. The molecule has 132 valence electrons. The summed E-state index contributed by atoms with van der Waals surface area (Å²) in [6.45, 7) is 7.36. The van der Waals surface area contributed by atoms with Crippen molar-refractivity contribution < 1.29 is 14.3 Å². The predicted molar refractivity (Wildman–Crippen MR) is 94.0 cm³/mol. The molecule has 0 saturated carbocycles. The molecule has 1 aliphatic rings. The minimum atomic E-state index is 0.129. The number of hydrogen-bond acceptors (Lipinski definition) is 3. The van der Waals surface area contributed by atoms with E-state index in [4.69, 9.17) is 4.74 Å². The molecule has 0 unspecified atom stereocenters. The van der Waals surface area contributed by atoms with Crippen LogP contribution in [0.1, 0.15) is 38.7 Å². The van der Waals surface area contributed by atoms with E-state index in [1.165, 1.54) is 0 Å². The molecule has 1 aromatic rings. The Morgan fingerprint density at radius 3 is 2.17 bits per heavy atom. The highest BCUT2D eigenvalue weighted by Crippen LogP contribution is 2.14. The molecule has 0 bridgehead atoms. The van der Waals surface area contributed by atoms with Gasteiger partial charge in [-0.2, -0.15) is 0 Å². The number of carbonyl (C=O) groups is 2. The molecule has 5 heteroatoms. The average molecular weight is 332 g/mol. The van der Waals surface area contributed by atoms with Crippen molar-refractivity contribution in [2.75, 3.05) is 32.8 Å². The van der Waals surface area contributed by atoms with E-state index < -0.39 is 0 Å². The summed E-state index contributed by atoms with van der Waals surface area (Å²) in [6, 6.07) is 7.69. The molecule has 0 radical (unpaired) electrons. The zero-order chi connectivity index (χ0) is 17.4. The molecular formula is C19H28N2O3. The molecule has 24 heavy (non-hydrogen) atoms. The lowest BCUT2D eigenvalue weighted by Gasteiger charge is -2.22. The Morgan fingerprint density at radius 1 is 0.958 bits per heavy atom. The summed E-state index contributed by atoms with van der Waals surface area (Å²) in [5.41, 5.74) is 0.992. The van der Waals surface area contributed by atoms with Gasteiger partial charge in [-0.1, -0.05) is 19.1 Å². The lowest BCUT2D eigenvalue weighted by Crippen LogP contribution is -2.37. The van der Waals surface area contributed by atoms with Gasteiger partial charge in [-0.05, 0) is 37.5 Å². The lowest BCUT2D eigenvalue weighted by molar-refractivity contribution is -0.133. The van der Waals surface area contributed by atoms with Crippen molar-refractivity contribution in [1.82, 2.24) is 9.80 Å². The smallest absolute Gasteiger partial charge is 0.227 e. The van der Waals surface area contributed by atoms with Gasteiger partial charge in [-0.25, -0.2) is 0 Å². The Bertz CT molecular complexity index is 542. The molecule has 1 fully saturated rings. The van der Waals surface area contributed by atoms with Crippen LogP contribution in [0, 0.1) is 0 Å². The Morgan fingerprint density at radius 2 is 1.58 bits per heavy atom. The third-order valence-electron chi connectivity index (χ3n) is 4.25. The maximum Gasteiger partial charge on any atom is 0.227 e.